The number of ether oxygens (including phenoxy) is 2. The Morgan fingerprint density at radius 2 is 2.09 bits per heavy atom. The van der Waals surface area contributed by atoms with Crippen molar-refractivity contribution in [2.75, 3.05) is 13.2 Å². The van der Waals surface area contributed by atoms with E-state index in [0.717, 1.165) is 31.4 Å². The van der Waals surface area contributed by atoms with Gasteiger partial charge in [-0.1, -0.05) is 12.1 Å². The van der Waals surface area contributed by atoms with Gasteiger partial charge < -0.3 is 19.9 Å². The van der Waals surface area contributed by atoms with Gasteiger partial charge in [0.2, 0.25) is 5.91 Å². The minimum atomic E-state index is -1.01. The van der Waals surface area contributed by atoms with Crippen LogP contribution in [0.3, 0.4) is 0 Å². The van der Waals surface area contributed by atoms with Crippen LogP contribution in [-0.2, 0) is 14.3 Å². The molecule has 0 spiro atoms. The van der Waals surface area contributed by atoms with Crippen LogP contribution in [0.1, 0.15) is 44.2 Å². The highest BCUT2D eigenvalue weighted by Crippen LogP contribution is 2.19. The third-order valence-electron chi connectivity index (χ3n) is 3.81. The molecule has 126 valence electrons. The number of amides is 1. The summed E-state index contributed by atoms with van der Waals surface area (Å²) in [6, 6.07) is 6.91. The minimum Gasteiger partial charge on any atom is -0.482 e. The number of hydrogen-bond donors (Lipinski definition) is 2. The summed E-state index contributed by atoms with van der Waals surface area (Å²) in [5.41, 5.74) is 0.936. The lowest BCUT2D eigenvalue weighted by molar-refractivity contribution is -0.139. The van der Waals surface area contributed by atoms with Crippen LogP contribution in [0, 0.1) is 0 Å². The molecule has 1 amide bonds. The molecule has 1 aromatic carbocycles. The molecule has 0 radical (unpaired) electrons. The standard InChI is InChI=1S/C17H23NO5/c1-12(18-16(19)10-15-4-2-3-9-22-15)13-5-7-14(8-6-13)23-11-17(20)21/h5-8,12,15H,2-4,9-11H2,1H3,(H,18,19)(H,20,21). The van der Waals surface area contributed by atoms with Crippen LogP contribution in [0.15, 0.2) is 24.3 Å². The first-order valence-electron chi connectivity index (χ1n) is 7.90. The fourth-order valence-electron chi connectivity index (χ4n) is 2.56. The molecule has 2 atom stereocenters. The van der Waals surface area contributed by atoms with E-state index in [1.54, 1.807) is 12.1 Å². The zero-order valence-corrected chi connectivity index (χ0v) is 13.3. The Bertz CT molecular complexity index is 522. The van der Waals surface area contributed by atoms with E-state index in [1.807, 2.05) is 19.1 Å². The van der Waals surface area contributed by atoms with Crippen molar-refractivity contribution in [3.8, 4) is 5.75 Å². The molecule has 0 saturated carbocycles. The molecular formula is C17H23NO5. The highest BCUT2D eigenvalue weighted by molar-refractivity contribution is 5.77. The molecule has 6 heteroatoms. The molecule has 1 aliphatic heterocycles. The second-order valence-electron chi connectivity index (χ2n) is 5.73. The van der Waals surface area contributed by atoms with Gasteiger partial charge in [-0.2, -0.15) is 0 Å². The number of carbonyl (C=O) groups is 2. The van der Waals surface area contributed by atoms with Gasteiger partial charge in [-0.15, -0.1) is 0 Å². The lowest BCUT2D eigenvalue weighted by Gasteiger charge is -2.23. The number of hydrogen-bond acceptors (Lipinski definition) is 4. The predicted octanol–water partition coefficient (Wildman–Crippen LogP) is 2.29. The number of aliphatic carboxylic acids is 1. The molecule has 1 heterocycles. The Hall–Kier alpha value is -2.08. The highest BCUT2D eigenvalue weighted by Gasteiger charge is 2.19. The maximum Gasteiger partial charge on any atom is 0.341 e. The van der Waals surface area contributed by atoms with Gasteiger partial charge in [0.25, 0.3) is 0 Å². The minimum absolute atomic E-state index is 0.0180. The molecule has 1 aliphatic rings. The molecular weight excluding hydrogens is 298 g/mol. The molecule has 0 aromatic heterocycles. The Labute approximate surface area is 135 Å². The van der Waals surface area contributed by atoms with Gasteiger partial charge in [0.1, 0.15) is 5.75 Å². The van der Waals surface area contributed by atoms with Crippen LogP contribution in [-0.4, -0.2) is 36.3 Å². The first-order valence-corrected chi connectivity index (χ1v) is 7.90. The zero-order valence-electron chi connectivity index (χ0n) is 13.3. The van der Waals surface area contributed by atoms with Gasteiger partial charge >= 0.3 is 5.97 Å². The second-order valence-corrected chi connectivity index (χ2v) is 5.73. The third kappa shape index (κ3) is 5.90. The third-order valence-corrected chi connectivity index (χ3v) is 3.81. The smallest absolute Gasteiger partial charge is 0.341 e. The summed E-state index contributed by atoms with van der Waals surface area (Å²) in [5, 5.41) is 11.5. The van der Waals surface area contributed by atoms with Crippen LogP contribution in [0.5, 0.6) is 5.75 Å². The van der Waals surface area contributed by atoms with E-state index in [2.05, 4.69) is 5.32 Å². The number of benzene rings is 1. The van der Waals surface area contributed by atoms with Crippen LogP contribution in [0.25, 0.3) is 0 Å². The molecule has 23 heavy (non-hydrogen) atoms. The maximum absolute atomic E-state index is 12.1. The number of carbonyl (C=O) groups excluding carboxylic acids is 1. The Morgan fingerprint density at radius 1 is 1.35 bits per heavy atom. The zero-order chi connectivity index (χ0) is 16.7. The predicted molar refractivity (Wildman–Crippen MR) is 84.3 cm³/mol. The van der Waals surface area contributed by atoms with Crippen molar-refractivity contribution in [3.63, 3.8) is 0 Å². The lowest BCUT2D eigenvalue weighted by atomic mass is 10.0. The van der Waals surface area contributed by atoms with Crippen molar-refractivity contribution in [1.82, 2.24) is 5.32 Å². The molecule has 0 aliphatic carbocycles. The molecule has 1 aromatic rings. The van der Waals surface area contributed by atoms with Crippen molar-refractivity contribution in [1.29, 1.82) is 0 Å². The fourth-order valence-corrected chi connectivity index (χ4v) is 2.56. The normalized spacial score (nSPS) is 18.9. The van der Waals surface area contributed by atoms with Gasteiger partial charge in [-0.25, -0.2) is 4.79 Å². The van der Waals surface area contributed by atoms with Gasteiger partial charge in [-0.05, 0) is 43.9 Å². The SMILES string of the molecule is CC(NC(=O)CC1CCCCO1)c1ccc(OCC(=O)O)cc1. The molecule has 1 fully saturated rings. The maximum atomic E-state index is 12.1. The van der Waals surface area contributed by atoms with Crippen molar-refractivity contribution < 1.29 is 24.2 Å². The van der Waals surface area contributed by atoms with E-state index in [-0.39, 0.29) is 24.7 Å². The molecule has 0 bridgehead atoms. The van der Waals surface area contributed by atoms with Crippen molar-refractivity contribution in [3.05, 3.63) is 29.8 Å². The molecule has 1 saturated heterocycles. The van der Waals surface area contributed by atoms with E-state index >= 15 is 0 Å². The highest BCUT2D eigenvalue weighted by atomic mass is 16.5. The lowest BCUT2D eigenvalue weighted by Crippen LogP contribution is -2.32. The molecule has 2 unspecified atom stereocenters. The van der Waals surface area contributed by atoms with Gasteiger partial charge in [0, 0.05) is 6.61 Å². The van der Waals surface area contributed by atoms with Crippen LogP contribution in [0.4, 0.5) is 0 Å². The number of nitrogens with one attached hydrogen (secondary N) is 1. The summed E-state index contributed by atoms with van der Waals surface area (Å²) < 4.78 is 10.7. The van der Waals surface area contributed by atoms with Crippen LogP contribution < -0.4 is 10.1 Å². The van der Waals surface area contributed by atoms with E-state index in [4.69, 9.17) is 14.6 Å². The summed E-state index contributed by atoms with van der Waals surface area (Å²) in [7, 11) is 0. The van der Waals surface area contributed by atoms with Crippen LogP contribution >= 0.6 is 0 Å². The molecule has 2 N–H and O–H groups in total. The summed E-state index contributed by atoms with van der Waals surface area (Å²) >= 11 is 0. The van der Waals surface area contributed by atoms with Gasteiger partial charge in [0.15, 0.2) is 6.61 Å². The van der Waals surface area contributed by atoms with E-state index < -0.39 is 5.97 Å². The summed E-state index contributed by atoms with van der Waals surface area (Å²) in [6.45, 7) is 2.28. The number of carboxylic acids is 1. The van der Waals surface area contributed by atoms with E-state index in [0.29, 0.717) is 12.2 Å². The molecule has 2 rings (SSSR count). The Kier molecular flexibility index (Phi) is 6.40. The molecule has 6 nitrogen and oxygen atoms in total. The summed E-state index contributed by atoms with van der Waals surface area (Å²) in [5.74, 6) is -0.541. The topological polar surface area (TPSA) is 84.9 Å². The quantitative estimate of drug-likeness (QED) is 0.805. The van der Waals surface area contributed by atoms with Gasteiger partial charge in [0.05, 0.1) is 18.6 Å². The fraction of sp³-hybridized carbons (Fsp3) is 0.529. The number of carboxylic acid groups (broad SMARTS) is 1. The first kappa shape index (κ1) is 17.3. The second kappa shape index (κ2) is 8.53. The van der Waals surface area contributed by atoms with Crippen molar-refractivity contribution >= 4 is 11.9 Å². The largest absolute Gasteiger partial charge is 0.482 e. The Morgan fingerprint density at radius 3 is 2.70 bits per heavy atom. The Balaban J connectivity index is 1.80. The number of rotatable bonds is 7. The summed E-state index contributed by atoms with van der Waals surface area (Å²) in [6.07, 6.45) is 3.56. The van der Waals surface area contributed by atoms with Crippen molar-refractivity contribution in [2.45, 2.75) is 44.8 Å². The van der Waals surface area contributed by atoms with E-state index in [9.17, 15) is 9.59 Å². The van der Waals surface area contributed by atoms with E-state index in [1.165, 1.54) is 0 Å². The van der Waals surface area contributed by atoms with Gasteiger partial charge in [-0.3, -0.25) is 4.79 Å². The average Bonchev–Trinajstić information content (AvgIpc) is 2.54. The first-order chi connectivity index (χ1) is 11.0. The summed E-state index contributed by atoms with van der Waals surface area (Å²) in [4.78, 5) is 22.5. The van der Waals surface area contributed by atoms with Crippen LogP contribution in [0.2, 0.25) is 0 Å². The monoisotopic (exact) mass is 321 g/mol. The van der Waals surface area contributed by atoms with Crippen molar-refractivity contribution in [2.24, 2.45) is 0 Å². The average molecular weight is 321 g/mol.